The number of hydrogen-bond donors (Lipinski definition) is 1. The van der Waals surface area contributed by atoms with Crippen LogP contribution in [0, 0.1) is 26.2 Å². The minimum Gasteiger partial charge on any atom is -0.496 e. The summed E-state index contributed by atoms with van der Waals surface area (Å²) in [6.07, 6.45) is 0. The Kier molecular flexibility index (Phi) is 3.65. The fourth-order valence-electron chi connectivity index (χ4n) is 2.50. The van der Waals surface area contributed by atoms with E-state index in [0.717, 1.165) is 16.7 Å². The molecule has 1 aliphatic rings. The molecule has 0 saturated carbocycles. The molecule has 0 bridgehead atoms. The Morgan fingerprint density at radius 2 is 2.00 bits per heavy atom. The van der Waals surface area contributed by atoms with Crippen molar-refractivity contribution in [3.63, 3.8) is 0 Å². The molecule has 0 atom stereocenters. The number of carbonyl (C=O) groups excluding carboxylic acids is 1. The first-order valence-corrected chi connectivity index (χ1v) is 6.35. The SMILES string of the molecule is COc1c(C)c(C)cc(C)c1C(=O)C1(CO)COC1. The first-order chi connectivity index (χ1) is 8.96. The third kappa shape index (κ3) is 2.05. The monoisotopic (exact) mass is 264 g/mol. The maximum Gasteiger partial charge on any atom is 0.179 e. The number of hydrogen-bond acceptors (Lipinski definition) is 4. The van der Waals surface area contributed by atoms with Crippen molar-refractivity contribution in [2.75, 3.05) is 26.9 Å². The van der Waals surface area contributed by atoms with E-state index in [1.807, 2.05) is 26.8 Å². The normalized spacial score (nSPS) is 16.9. The molecule has 0 aliphatic carbocycles. The summed E-state index contributed by atoms with van der Waals surface area (Å²) in [5.41, 5.74) is 2.71. The van der Waals surface area contributed by atoms with E-state index in [1.54, 1.807) is 7.11 Å². The fraction of sp³-hybridized carbons (Fsp3) is 0.533. The highest BCUT2D eigenvalue weighted by molar-refractivity contribution is 6.05. The Labute approximate surface area is 113 Å². The summed E-state index contributed by atoms with van der Waals surface area (Å²) < 4.78 is 10.5. The van der Waals surface area contributed by atoms with Gasteiger partial charge < -0.3 is 14.6 Å². The lowest BCUT2D eigenvalue weighted by molar-refractivity contribution is -0.109. The van der Waals surface area contributed by atoms with Crippen molar-refractivity contribution in [2.45, 2.75) is 20.8 Å². The van der Waals surface area contributed by atoms with Crippen LogP contribution in [-0.2, 0) is 4.74 Å². The molecule has 0 aromatic heterocycles. The van der Waals surface area contributed by atoms with Gasteiger partial charge in [0.1, 0.15) is 11.2 Å². The zero-order valence-corrected chi connectivity index (χ0v) is 11.9. The maximum absolute atomic E-state index is 12.7. The number of ether oxygens (including phenoxy) is 2. The van der Waals surface area contributed by atoms with Gasteiger partial charge in [0.15, 0.2) is 5.78 Å². The molecule has 2 rings (SSSR count). The van der Waals surface area contributed by atoms with Crippen molar-refractivity contribution in [3.05, 3.63) is 28.3 Å². The van der Waals surface area contributed by atoms with Crippen LogP contribution in [0.2, 0.25) is 0 Å². The standard InChI is InChI=1S/C15H20O4/c1-9-5-10(2)12(13(18-4)11(9)3)14(17)15(6-16)7-19-8-15/h5,16H,6-8H2,1-4H3. The molecule has 1 N–H and O–H groups in total. The van der Waals surface area contributed by atoms with E-state index in [2.05, 4.69) is 0 Å². The van der Waals surface area contributed by atoms with Crippen LogP contribution >= 0.6 is 0 Å². The Hall–Kier alpha value is -1.39. The van der Waals surface area contributed by atoms with Crippen LogP contribution in [-0.4, -0.2) is 37.8 Å². The van der Waals surface area contributed by atoms with Gasteiger partial charge in [-0.15, -0.1) is 0 Å². The lowest BCUT2D eigenvalue weighted by atomic mass is 9.77. The quantitative estimate of drug-likeness (QED) is 0.843. The summed E-state index contributed by atoms with van der Waals surface area (Å²) in [5, 5.41) is 9.50. The van der Waals surface area contributed by atoms with Crippen LogP contribution in [0.15, 0.2) is 6.07 Å². The van der Waals surface area contributed by atoms with Crippen molar-refractivity contribution >= 4 is 5.78 Å². The number of carbonyl (C=O) groups is 1. The van der Waals surface area contributed by atoms with E-state index in [9.17, 15) is 9.90 Å². The van der Waals surface area contributed by atoms with Gasteiger partial charge in [-0.05, 0) is 37.5 Å². The number of ketones is 1. The maximum atomic E-state index is 12.7. The van der Waals surface area contributed by atoms with Crippen LogP contribution in [0.3, 0.4) is 0 Å². The fourth-order valence-corrected chi connectivity index (χ4v) is 2.50. The third-order valence-corrected chi connectivity index (χ3v) is 3.96. The van der Waals surface area contributed by atoms with Gasteiger partial charge in [0.2, 0.25) is 0 Å². The van der Waals surface area contributed by atoms with E-state index in [-0.39, 0.29) is 25.6 Å². The minimum atomic E-state index is -0.792. The van der Waals surface area contributed by atoms with Crippen LogP contribution in [0.5, 0.6) is 5.75 Å². The minimum absolute atomic E-state index is 0.0845. The predicted molar refractivity (Wildman–Crippen MR) is 71.9 cm³/mol. The summed E-state index contributed by atoms with van der Waals surface area (Å²) in [5.74, 6) is 0.529. The zero-order chi connectivity index (χ0) is 14.2. The number of methoxy groups -OCH3 is 1. The highest BCUT2D eigenvalue weighted by Gasteiger charge is 2.47. The number of aliphatic hydroxyl groups excluding tert-OH is 1. The third-order valence-electron chi connectivity index (χ3n) is 3.96. The molecule has 4 heteroatoms. The average Bonchev–Trinajstić information content (AvgIpc) is 2.32. The van der Waals surface area contributed by atoms with Gasteiger partial charge in [-0.1, -0.05) is 6.07 Å². The summed E-state index contributed by atoms with van der Waals surface area (Å²) in [4.78, 5) is 12.7. The lowest BCUT2D eigenvalue weighted by Gasteiger charge is -2.39. The van der Waals surface area contributed by atoms with E-state index >= 15 is 0 Å². The number of aryl methyl sites for hydroxylation is 2. The first-order valence-electron chi connectivity index (χ1n) is 6.35. The molecule has 1 aromatic rings. The molecule has 0 radical (unpaired) electrons. The van der Waals surface area contributed by atoms with E-state index in [1.165, 1.54) is 0 Å². The molecule has 0 amide bonds. The van der Waals surface area contributed by atoms with Gasteiger partial charge in [-0.2, -0.15) is 0 Å². The number of aliphatic hydroxyl groups is 1. The van der Waals surface area contributed by atoms with Crippen molar-refractivity contribution in [1.82, 2.24) is 0 Å². The number of Topliss-reactive ketones (excluding diaryl/α,β-unsaturated/α-hetero) is 1. The number of benzene rings is 1. The van der Waals surface area contributed by atoms with Crippen LogP contribution < -0.4 is 4.74 Å². The Morgan fingerprint density at radius 3 is 2.42 bits per heavy atom. The molecule has 1 saturated heterocycles. The van der Waals surface area contributed by atoms with Crippen LogP contribution in [0.1, 0.15) is 27.0 Å². The van der Waals surface area contributed by atoms with Crippen LogP contribution in [0.25, 0.3) is 0 Å². The van der Waals surface area contributed by atoms with Gasteiger partial charge >= 0.3 is 0 Å². The van der Waals surface area contributed by atoms with E-state index in [0.29, 0.717) is 11.3 Å². The lowest BCUT2D eigenvalue weighted by Crippen LogP contribution is -2.52. The highest BCUT2D eigenvalue weighted by Crippen LogP contribution is 2.38. The van der Waals surface area contributed by atoms with E-state index < -0.39 is 5.41 Å². The molecule has 19 heavy (non-hydrogen) atoms. The summed E-state index contributed by atoms with van der Waals surface area (Å²) in [7, 11) is 1.57. The molecule has 104 valence electrons. The molecule has 0 unspecified atom stereocenters. The van der Waals surface area contributed by atoms with Crippen molar-refractivity contribution < 1.29 is 19.4 Å². The Balaban J connectivity index is 2.56. The first kappa shape index (κ1) is 14.0. The van der Waals surface area contributed by atoms with Gasteiger partial charge in [-0.3, -0.25) is 4.79 Å². The van der Waals surface area contributed by atoms with Crippen LogP contribution in [0.4, 0.5) is 0 Å². The zero-order valence-electron chi connectivity index (χ0n) is 11.9. The van der Waals surface area contributed by atoms with Crippen molar-refractivity contribution in [2.24, 2.45) is 5.41 Å². The second-order valence-corrected chi connectivity index (χ2v) is 5.30. The topological polar surface area (TPSA) is 55.8 Å². The number of rotatable bonds is 4. The summed E-state index contributed by atoms with van der Waals surface area (Å²) in [6, 6.07) is 1.98. The molecule has 1 fully saturated rings. The molecular formula is C15H20O4. The predicted octanol–water partition coefficient (Wildman–Crippen LogP) is 1.81. The van der Waals surface area contributed by atoms with Gasteiger partial charge in [0.25, 0.3) is 0 Å². The molecule has 1 aromatic carbocycles. The Morgan fingerprint density at radius 1 is 1.37 bits per heavy atom. The molecular weight excluding hydrogens is 244 g/mol. The van der Waals surface area contributed by atoms with Gasteiger partial charge in [-0.25, -0.2) is 0 Å². The van der Waals surface area contributed by atoms with Gasteiger partial charge in [0, 0.05) is 0 Å². The largest absolute Gasteiger partial charge is 0.496 e. The second-order valence-electron chi connectivity index (χ2n) is 5.30. The molecule has 4 nitrogen and oxygen atoms in total. The van der Waals surface area contributed by atoms with E-state index in [4.69, 9.17) is 9.47 Å². The van der Waals surface area contributed by atoms with Crippen molar-refractivity contribution in [3.8, 4) is 5.75 Å². The molecule has 1 aliphatic heterocycles. The average molecular weight is 264 g/mol. The summed E-state index contributed by atoms with van der Waals surface area (Å²) >= 11 is 0. The highest BCUT2D eigenvalue weighted by atomic mass is 16.5. The Bertz CT molecular complexity index is 510. The molecule has 1 heterocycles. The van der Waals surface area contributed by atoms with Gasteiger partial charge in [0.05, 0.1) is 32.5 Å². The summed E-state index contributed by atoms with van der Waals surface area (Å²) in [6.45, 7) is 6.19. The molecule has 0 spiro atoms. The smallest absolute Gasteiger partial charge is 0.179 e. The van der Waals surface area contributed by atoms with Crippen molar-refractivity contribution in [1.29, 1.82) is 0 Å². The second kappa shape index (κ2) is 4.94.